The molecule has 2 heterocycles. The maximum atomic E-state index is 12.3. The summed E-state index contributed by atoms with van der Waals surface area (Å²) in [5, 5.41) is 3.23. The zero-order valence-corrected chi connectivity index (χ0v) is 11.3. The first-order valence-electron chi connectivity index (χ1n) is 6.59. The van der Waals surface area contributed by atoms with Crippen molar-refractivity contribution in [1.29, 1.82) is 0 Å². The van der Waals surface area contributed by atoms with E-state index in [0.717, 1.165) is 45.2 Å². The second-order valence-corrected chi connectivity index (χ2v) is 6.78. The van der Waals surface area contributed by atoms with Crippen LogP contribution in [0.4, 0.5) is 0 Å². The highest BCUT2D eigenvalue weighted by molar-refractivity contribution is 7.87. The molecule has 17 heavy (non-hydrogen) atoms. The molecule has 2 aliphatic heterocycles. The fraction of sp³-hybridized carbons (Fsp3) is 1.00. The lowest BCUT2D eigenvalue weighted by molar-refractivity contribution is 0.262. The Hall–Kier alpha value is -0.170. The molecule has 2 rings (SSSR count). The number of piperidine rings is 2. The maximum Gasteiger partial charge on any atom is 0.279 e. The normalized spacial score (nSPS) is 32.5. The van der Waals surface area contributed by atoms with Gasteiger partial charge in [0.15, 0.2) is 0 Å². The highest BCUT2D eigenvalue weighted by Gasteiger charge is 2.31. The summed E-state index contributed by atoms with van der Waals surface area (Å²) in [7, 11) is -3.29. The van der Waals surface area contributed by atoms with Gasteiger partial charge in [-0.15, -0.1) is 0 Å². The third kappa shape index (κ3) is 3.40. The van der Waals surface area contributed by atoms with Crippen molar-refractivity contribution < 1.29 is 8.42 Å². The zero-order valence-electron chi connectivity index (χ0n) is 10.5. The monoisotopic (exact) mass is 261 g/mol. The summed E-state index contributed by atoms with van der Waals surface area (Å²) in [4.78, 5) is 0. The highest BCUT2D eigenvalue weighted by atomic mass is 32.2. The Labute approximate surface area is 104 Å². The molecule has 2 aliphatic rings. The van der Waals surface area contributed by atoms with Gasteiger partial charge in [0.2, 0.25) is 0 Å². The summed E-state index contributed by atoms with van der Waals surface area (Å²) in [6, 6.07) is 0.195. The van der Waals surface area contributed by atoms with E-state index in [1.807, 2.05) is 6.92 Å². The number of nitrogens with zero attached hydrogens (tertiary/aromatic N) is 1. The fourth-order valence-corrected chi connectivity index (χ4v) is 4.37. The molecule has 0 bridgehead atoms. The summed E-state index contributed by atoms with van der Waals surface area (Å²) in [6.45, 7) is 4.41. The Bertz CT molecular complexity index is 339. The summed E-state index contributed by atoms with van der Waals surface area (Å²) < 4.78 is 29.0. The standard InChI is InChI=1S/C11H23N3O2S/c1-10-5-2-3-8-14(10)17(15,16)13-11-6-4-7-12-9-11/h10-13H,2-9H2,1H3/t10?,11-/m1/s1. The molecule has 6 heteroatoms. The van der Waals surface area contributed by atoms with E-state index in [9.17, 15) is 8.42 Å². The van der Waals surface area contributed by atoms with Gasteiger partial charge in [-0.05, 0) is 39.2 Å². The van der Waals surface area contributed by atoms with Gasteiger partial charge in [0.25, 0.3) is 10.2 Å². The first-order valence-corrected chi connectivity index (χ1v) is 8.03. The van der Waals surface area contributed by atoms with Crippen molar-refractivity contribution in [3.8, 4) is 0 Å². The summed E-state index contributed by atoms with van der Waals surface area (Å²) in [6.07, 6.45) is 5.08. The lowest BCUT2D eigenvalue weighted by atomic mass is 10.1. The average molecular weight is 261 g/mol. The lowest BCUT2D eigenvalue weighted by Gasteiger charge is -2.34. The molecule has 0 amide bonds. The summed E-state index contributed by atoms with van der Waals surface area (Å²) in [5.41, 5.74) is 0. The first kappa shape index (κ1) is 13.3. The van der Waals surface area contributed by atoms with Crippen molar-refractivity contribution >= 4 is 10.2 Å². The topological polar surface area (TPSA) is 61.4 Å². The molecule has 2 N–H and O–H groups in total. The van der Waals surface area contributed by atoms with Gasteiger partial charge in [-0.3, -0.25) is 0 Å². The van der Waals surface area contributed by atoms with Crippen molar-refractivity contribution in [3.63, 3.8) is 0 Å². The molecule has 100 valence electrons. The van der Waals surface area contributed by atoms with Crippen LogP contribution in [0.1, 0.15) is 39.0 Å². The quantitative estimate of drug-likeness (QED) is 0.775. The zero-order chi connectivity index (χ0) is 12.3. The minimum atomic E-state index is -3.29. The van der Waals surface area contributed by atoms with E-state index in [2.05, 4.69) is 10.0 Å². The molecule has 1 unspecified atom stereocenters. The lowest BCUT2D eigenvalue weighted by Crippen LogP contribution is -2.53. The van der Waals surface area contributed by atoms with Gasteiger partial charge in [0.05, 0.1) is 0 Å². The summed E-state index contributed by atoms with van der Waals surface area (Å²) >= 11 is 0. The van der Waals surface area contributed by atoms with Crippen molar-refractivity contribution in [2.45, 2.75) is 51.1 Å². The van der Waals surface area contributed by atoms with Crippen LogP contribution in [0, 0.1) is 0 Å². The second kappa shape index (κ2) is 5.65. The van der Waals surface area contributed by atoms with Crippen molar-refractivity contribution in [1.82, 2.24) is 14.3 Å². The van der Waals surface area contributed by atoms with Crippen molar-refractivity contribution in [2.75, 3.05) is 19.6 Å². The minimum absolute atomic E-state index is 0.0582. The van der Waals surface area contributed by atoms with Gasteiger partial charge in [0, 0.05) is 25.2 Å². The molecule has 2 fully saturated rings. The van der Waals surface area contributed by atoms with Crippen molar-refractivity contribution in [2.24, 2.45) is 0 Å². The van der Waals surface area contributed by atoms with Gasteiger partial charge in [-0.2, -0.15) is 17.4 Å². The van der Waals surface area contributed by atoms with Gasteiger partial charge in [-0.25, -0.2) is 0 Å². The molecule has 0 spiro atoms. The van der Waals surface area contributed by atoms with E-state index in [4.69, 9.17) is 0 Å². The Balaban J connectivity index is 1.96. The van der Waals surface area contributed by atoms with Gasteiger partial charge in [-0.1, -0.05) is 6.42 Å². The number of rotatable bonds is 3. The van der Waals surface area contributed by atoms with E-state index in [-0.39, 0.29) is 12.1 Å². The molecule has 2 saturated heterocycles. The SMILES string of the molecule is CC1CCCCN1S(=O)(=O)N[C@@H]1CCCNC1. The molecule has 0 saturated carbocycles. The highest BCUT2D eigenvalue weighted by Crippen LogP contribution is 2.19. The van der Waals surface area contributed by atoms with Crippen LogP contribution in [0.3, 0.4) is 0 Å². The van der Waals surface area contributed by atoms with Crippen LogP contribution in [0.5, 0.6) is 0 Å². The minimum Gasteiger partial charge on any atom is -0.315 e. The predicted octanol–water partition coefficient (Wildman–Crippen LogP) is 0.447. The molecular formula is C11H23N3O2S. The van der Waals surface area contributed by atoms with E-state index in [0.29, 0.717) is 6.54 Å². The van der Waals surface area contributed by atoms with Crippen LogP contribution < -0.4 is 10.0 Å². The van der Waals surface area contributed by atoms with E-state index in [1.165, 1.54) is 0 Å². The second-order valence-electron chi connectivity index (χ2n) is 5.12. The Morgan fingerprint density at radius 2 is 2.06 bits per heavy atom. The number of nitrogens with one attached hydrogen (secondary N) is 2. The molecule has 0 aliphatic carbocycles. The van der Waals surface area contributed by atoms with Crippen LogP contribution in [0.25, 0.3) is 0 Å². The number of hydrogen-bond donors (Lipinski definition) is 2. The van der Waals surface area contributed by atoms with E-state index >= 15 is 0 Å². The maximum absolute atomic E-state index is 12.3. The Morgan fingerprint density at radius 1 is 1.24 bits per heavy atom. The van der Waals surface area contributed by atoms with Crippen LogP contribution >= 0.6 is 0 Å². The molecule has 0 aromatic rings. The third-order valence-corrected chi connectivity index (χ3v) is 5.45. The first-order chi connectivity index (χ1) is 8.09. The molecule has 5 nitrogen and oxygen atoms in total. The van der Waals surface area contributed by atoms with Gasteiger partial charge >= 0.3 is 0 Å². The molecular weight excluding hydrogens is 238 g/mol. The Kier molecular flexibility index (Phi) is 4.41. The largest absolute Gasteiger partial charge is 0.315 e. The van der Waals surface area contributed by atoms with Crippen LogP contribution in [0.2, 0.25) is 0 Å². The van der Waals surface area contributed by atoms with Crippen LogP contribution in [-0.4, -0.2) is 44.4 Å². The molecule has 2 atom stereocenters. The number of hydrogen-bond acceptors (Lipinski definition) is 3. The van der Waals surface area contributed by atoms with Crippen LogP contribution in [0.15, 0.2) is 0 Å². The molecule has 0 aromatic carbocycles. The van der Waals surface area contributed by atoms with Crippen LogP contribution in [-0.2, 0) is 10.2 Å². The van der Waals surface area contributed by atoms with E-state index < -0.39 is 10.2 Å². The fourth-order valence-electron chi connectivity index (χ4n) is 2.66. The van der Waals surface area contributed by atoms with E-state index in [1.54, 1.807) is 4.31 Å². The van der Waals surface area contributed by atoms with Gasteiger partial charge in [0.1, 0.15) is 0 Å². The van der Waals surface area contributed by atoms with Gasteiger partial charge < -0.3 is 5.32 Å². The molecule has 0 aromatic heterocycles. The third-order valence-electron chi connectivity index (χ3n) is 3.66. The van der Waals surface area contributed by atoms with Crippen molar-refractivity contribution in [3.05, 3.63) is 0 Å². The predicted molar refractivity (Wildman–Crippen MR) is 68.0 cm³/mol. The molecule has 0 radical (unpaired) electrons. The average Bonchev–Trinajstić information content (AvgIpc) is 2.30. The smallest absolute Gasteiger partial charge is 0.279 e. The summed E-state index contributed by atoms with van der Waals surface area (Å²) in [5.74, 6) is 0. The Morgan fingerprint density at radius 3 is 2.71 bits per heavy atom.